The van der Waals surface area contributed by atoms with Gasteiger partial charge in [-0.3, -0.25) is 9.59 Å². The SMILES string of the molecule is Cc1ccc(OCC(=O)N2CCN(C(=O)C(C)Oc3ccc(Cl)cc3)CC2)cc1. The van der Waals surface area contributed by atoms with Crippen molar-refractivity contribution in [2.24, 2.45) is 0 Å². The molecule has 0 spiro atoms. The molecule has 1 heterocycles. The highest BCUT2D eigenvalue weighted by Gasteiger charge is 2.28. The second kappa shape index (κ2) is 9.65. The van der Waals surface area contributed by atoms with Gasteiger partial charge in [-0.25, -0.2) is 0 Å². The van der Waals surface area contributed by atoms with Crippen LogP contribution in [0.2, 0.25) is 5.02 Å². The van der Waals surface area contributed by atoms with Crippen molar-refractivity contribution in [1.82, 2.24) is 9.80 Å². The lowest BCUT2D eigenvalue weighted by Gasteiger charge is -2.35. The van der Waals surface area contributed by atoms with E-state index in [9.17, 15) is 9.59 Å². The number of benzene rings is 2. The maximum atomic E-state index is 12.6. The van der Waals surface area contributed by atoms with E-state index in [0.717, 1.165) is 5.56 Å². The van der Waals surface area contributed by atoms with Gasteiger partial charge < -0.3 is 19.3 Å². The number of rotatable bonds is 6. The Balaban J connectivity index is 1.43. The predicted molar refractivity (Wildman–Crippen MR) is 111 cm³/mol. The molecule has 29 heavy (non-hydrogen) atoms. The molecule has 1 saturated heterocycles. The summed E-state index contributed by atoms with van der Waals surface area (Å²) in [5.74, 6) is 1.09. The fraction of sp³-hybridized carbons (Fsp3) is 0.364. The quantitative estimate of drug-likeness (QED) is 0.725. The number of hydrogen-bond donors (Lipinski definition) is 0. The van der Waals surface area contributed by atoms with Crippen LogP contribution < -0.4 is 9.47 Å². The van der Waals surface area contributed by atoms with E-state index in [1.54, 1.807) is 41.0 Å². The van der Waals surface area contributed by atoms with E-state index in [2.05, 4.69) is 0 Å². The van der Waals surface area contributed by atoms with Gasteiger partial charge in [0, 0.05) is 31.2 Å². The molecule has 1 unspecified atom stereocenters. The van der Waals surface area contributed by atoms with E-state index in [1.165, 1.54) is 0 Å². The van der Waals surface area contributed by atoms with Gasteiger partial charge in [0.15, 0.2) is 12.7 Å². The fourth-order valence-electron chi connectivity index (χ4n) is 3.07. The molecule has 0 radical (unpaired) electrons. The minimum Gasteiger partial charge on any atom is -0.484 e. The molecule has 6 nitrogen and oxygen atoms in total. The van der Waals surface area contributed by atoms with Gasteiger partial charge in [0.2, 0.25) is 0 Å². The van der Waals surface area contributed by atoms with Gasteiger partial charge in [-0.05, 0) is 50.2 Å². The molecule has 7 heteroatoms. The summed E-state index contributed by atoms with van der Waals surface area (Å²) in [4.78, 5) is 28.5. The Labute approximate surface area is 176 Å². The molecule has 1 atom stereocenters. The molecule has 0 bridgehead atoms. The Kier molecular flexibility index (Phi) is 6.99. The average molecular weight is 417 g/mol. The van der Waals surface area contributed by atoms with E-state index >= 15 is 0 Å². The summed E-state index contributed by atoms with van der Waals surface area (Å²) < 4.78 is 11.3. The minimum atomic E-state index is -0.608. The van der Waals surface area contributed by atoms with Crippen LogP contribution in [0.5, 0.6) is 11.5 Å². The van der Waals surface area contributed by atoms with Crippen LogP contribution >= 0.6 is 11.6 Å². The third-order valence-corrected chi connectivity index (χ3v) is 5.05. The molecule has 1 aliphatic heterocycles. The van der Waals surface area contributed by atoms with Crippen LogP contribution in [-0.4, -0.2) is 60.5 Å². The summed E-state index contributed by atoms with van der Waals surface area (Å²) in [5.41, 5.74) is 1.14. The van der Waals surface area contributed by atoms with Crippen molar-refractivity contribution in [3.8, 4) is 11.5 Å². The molecule has 0 aromatic heterocycles. The Morgan fingerprint density at radius 1 is 0.931 bits per heavy atom. The third kappa shape index (κ3) is 5.87. The highest BCUT2D eigenvalue weighted by atomic mass is 35.5. The molecular formula is C22H25ClN2O4. The summed E-state index contributed by atoms with van der Waals surface area (Å²) >= 11 is 5.86. The summed E-state index contributed by atoms with van der Waals surface area (Å²) in [7, 11) is 0. The van der Waals surface area contributed by atoms with Crippen molar-refractivity contribution in [2.45, 2.75) is 20.0 Å². The monoisotopic (exact) mass is 416 g/mol. The zero-order valence-electron chi connectivity index (χ0n) is 16.6. The Bertz CT molecular complexity index is 831. The highest BCUT2D eigenvalue weighted by Crippen LogP contribution is 2.18. The van der Waals surface area contributed by atoms with Crippen LogP contribution in [0.3, 0.4) is 0 Å². The summed E-state index contributed by atoms with van der Waals surface area (Å²) in [6.45, 7) is 5.63. The zero-order valence-corrected chi connectivity index (χ0v) is 17.4. The first kappa shape index (κ1) is 21.0. The number of carbonyl (C=O) groups excluding carboxylic acids is 2. The first-order valence-electron chi connectivity index (χ1n) is 9.60. The molecule has 0 saturated carbocycles. The van der Waals surface area contributed by atoms with E-state index in [0.29, 0.717) is 42.7 Å². The lowest BCUT2D eigenvalue weighted by molar-refractivity contribution is -0.144. The Morgan fingerprint density at radius 3 is 2.10 bits per heavy atom. The van der Waals surface area contributed by atoms with Crippen molar-refractivity contribution in [3.63, 3.8) is 0 Å². The van der Waals surface area contributed by atoms with Crippen LogP contribution in [0.15, 0.2) is 48.5 Å². The largest absolute Gasteiger partial charge is 0.484 e. The number of carbonyl (C=O) groups is 2. The van der Waals surface area contributed by atoms with Crippen LogP contribution in [0, 0.1) is 6.92 Å². The normalized spacial score (nSPS) is 15.0. The second-order valence-electron chi connectivity index (χ2n) is 7.02. The standard InChI is InChI=1S/C22H25ClN2O4/c1-16-3-7-19(8-4-16)28-15-21(26)24-11-13-25(14-12-24)22(27)17(2)29-20-9-5-18(23)6-10-20/h3-10,17H,11-15H2,1-2H3. The van der Waals surface area contributed by atoms with Gasteiger partial charge in [0.05, 0.1) is 0 Å². The van der Waals surface area contributed by atoms with E-state index < -0.39 is 6.10 Å². The molecule has 2 aromatic carbocycles. The van der Waals surface area contributed by atoms with E-state index in [4.69, 9.17) is 21.1 Å². The number of aryl methyl sites for hydroxylation is 1. The molecule has 1 fully saturated rings. The van der Waals surface area contributed by atoms with Gasteiger partial charge in [-0.2, -0.15) is 0 Å². The van der Waals surface area contributed by atoms with Gasteiger partial charge in [-0.1, -0.05) is 29.3 Å². The molecule has 1 aliphatic rings. The van der Waals surface area contributed by atoms with Crippen molar-refractivity contribution < 1.29 is 19.1 Å². The second-order valence-corrected chi connectivity index (χ2v) is 7.46. The molecule has 0 N–H and O–H groups in total. The summed E-state index contributed by atoms with van der Waals surface area (Å²) in [6.07, 6.45) is -0.608. The topological polar surface area (TPSA) is 59.1 Å². The molecular weight excluding hydrogens is 392 g/mol. The number of piperazine rings is 1. The Morgan fingerprint density at radius 2 is 1.48 bits per heavy atom. The van der Waals surface area contributed by atoms with Gasteiger partial charge in [0.1, 0.15) is 11.5 Å². The minimum absolute atomic E-state index is 0.00686. The number of halogens is 1. The first-order valence-corrected chi connectivity index (χ1v) is 9.98. The lowest BCUT2D eigenvalue weighted by atomic mass is 10.2. The predicted octanol–water partition coefficient (Wildman–Crippen LogP) is 3.17. The van der Waals surface area contributed by atoms with Gasteiger partial charge >= 0.3 is 0 Å². The number of ether oxygens (including phenoxy) is 2. The summed E-state index contributed by atoms with van der Waals surface area (Å²) in [5, 5.41) is 0.614. The lowest BCUT2D eigenvalue weighted by Crippen LogP contribution is -2.54. The smallest absolute Gasteiger partial charge is 0.263 e. The molecule has 0 aliphatic carbocycles. The number of amides is 2. The fourth-order valence-corrected chi connectivity index (χ4v) is 3.20. The van der Waals surface area contributed by atoms with E-state index in [-0.39, 0.29) is 18.4 Å². The molecule has 154 valence electrons. The maximum absolute atomic E-state index is 12.6. The van der Waals surface area contributed by atoms with Crippen LogP contribution in [0.25, 0.3) is 0 Å². The average Bonchev–Trinajstić information content (AvgIpc) is 2.74. The molecule has 2 amide bonds. The van der Waals surface area contributed by atoms with Gasteiger partial charge in [0.25, 0.3) is 11.8 Å². The van der Waals surface area contributed by atoms with Crippen molar-refractivity contribution in [3.05, 3.63) is 59.1 Å². The van der Waals surface area contributed by atoms with Crippen LogP contribution in [-0.2, 0) is 9.59 Å². The zero-order chi connectivity index (χ0) is 20.8. The number of hydrogen-bond acceptors (Lipinski definition) is 4. The third-order valence-electron chi connectivity index (χ3n) is 4.80. The van der Waals surface area contributed by atoms with Crippen molar-refractivity contribution >= 4 is 23.4 Å². The highest BCUT2D eigenvalue weighted by molar-refractivity contribution is 6.30. The van der Waals surface area contributed by atoms with Crippen molar-refractivity contribution in [2.75, 3.05) is 32.8 Å². The summed E-state index contributed by atoms with van der Waals surface area (Å²) in [6, 6.07) is 14.5. The first-order chi connectivity index (χ1) is 13.9. The number of nitrogens with zero attached hydrogens (tertiary/aromatic N) is 2. The van der Waals surface area contributed by atoms with Crippen molar-refractivity contribution in [1.29, 1.82) is 0 Å². The van der Waals surface area contributed by atoms with Gasteiger partial charge in [-0.15, -0.1) is 0 Å². The van der Waals surface area contributed by atoms with Crippen LogP contribution in [0.1, 0.15) is 12.5 Å². The molecule has 2 aromatic rings. The van der Waals surface area contributed by atoms with E-state index in [1.807, 2.05) is 31.2 Å². The molecule has 3 rings (SSSR count). The maximum Gasteiger partial charge on any atom is 0.263 e. The Hall–Kier alpha value is -2.73. The van der Waals surface area contributed by atoms with Crippen LogP contribution in [0.4, 0.5) is 0 Å².